The number of nitrogens with one attached hydrogen (secondary N) is 1. The van der Waals surface area contributed by atoms with Gasteiger partial charge in [-0.15, -0.1) is 0 Å². The SMILES string of the molecule is CC.CC(=O)c1ccc(CNC(=O)CC(C)C)cc1. The van der Waals surface area contributed by atoms with Crippen LogP contribution in [0, 0.1) is 5.92 Å². The number of carbonyl (C=O) groups excluding carboxylic acids is 2. The number of amides is 1. The van der Waals surface area contributed by atoms with Gasteiger partial charge in [-0.2, -0.15) is 0 Å². The van der Waals surface area contributed by atoms with E-state index in [0.29, 0.717) is 24.4 Å². The first-order chi connectivity index (χ1) is 8.99. The van der Waals surface area contributed by atoms with Crippen molar-refractivity contribution in [2.75, 3.05) is 0 Å². The van der Waals surface area contributed by atoms with Gasteiger partial charge in [0.05, 0.1) is 0 Å². The van der Waals surface area contributed by atoms with Gasteiger partial charge in [-0.05, 0) is 18.4 Å². The summed E-state index contributed by atoms with van der Waals surface area (Å²) >= 11 is 0. The maximum absolute atomic E-state index is 11.4. The van der Waals surface area contributed by atoms with Crippen LogP contribution in [0.5, 0.6) is 0 Å². The Hall–Kier alpha value is -1.64. The van der Waals surface area contributed by atoms with E-state index in [2.05, 4.69) is 5.32 Å². The number of hydrogen-bond donors (Lipinski definition) is 1. The number of Topliss-reactive ketones (excluding diaryl/α,β-unsaturated/α-hetero) is 1. The Labute approximate surface area is 116 Å². The molecular weight excluding hydrogens is 238 g/mol. The highest BCUT2D eigenvalue weighted by atomic mass is 16.1. The smallest absolute Gasteiger partial charge is 0.220 e. The Morgan fingerprint density at radius 1 is 1.11 bits per heavy atom. The van der Waals surface area contributed by atoms with E-state index in [1.165, 1.54) is 0 Å². The third-order valence-corrected chi connectivity index (χ3v) is 2.44. The first kappa shape index (κ1) is 17.4. The molecule has 1 aromatic carbocycles. The fourth-order valence-corrected chi connectivity index (χ4v) is 1.50. The van der Waals surface area contributed by atoms with Crippen LogP contribution in [0.25, 0.3) is 0 Å². The van der Waals surface area contributed by atoms with Crippen molar-refractivity contribution in [3.8, 4) is 0 Å². The molecule has 1 amide bonds. The predicted octanol–water partition coefficient (Wildman–Crippen LogP) is 3.58. The summed E-state index contributed by atoms with van der Waals surface area (Å²) in [6.07, 6.45) is 0.547. The van der Waals surface area contributed by atoms with Crippen molar-refractivity contribution in [2.45, 2.75) is 47.6 Å². The number of benzene rings is 1. The van der Waals surface area contributed by atoms with E-state index in [1.807, 2.05) is 39.8 Å². The molecule has 0 saturated carbocycles. The van der Waals surface area contributed by atoms with Crippen molar-refractivity contribution in [3.63, 3.8) is 0 Å². The lowest BCUT2D eigenvalue weighted by atomic mass is 10.1. The van der Waals surface area contributed by atoms with Crippen molar-refractivity contribution in [3.05, 3.63) is 35.4 Å². The molecule has 0 heterocycles. The summed E-state index contributed by atoms with van der Waals surface area (Å²) < 4.78 is 0. The topological polar surface area (TPSA) is 46.2 Å². The Balaban J connectivity index is 0.00000154. The van der Waals surface area contributed by atoms with Crippen LogP contribution < -0.4 is 5.32 Å². The Morgan fingerprint density at radius 2 is 1.63 bits per heavy atom. The molecule has 0 aliphatic heterocycles. The molecule has 0 aliphatic carbocycles. The van der Waals surface area contributed by atoms with Gasteiger partial charge >= 0.3 is 0 Å². The van der Waals surface area contributed by atoms with Crippen LogP contribution in [0.15, 0.2) is 24.3 Å². The quantitative estimate of drug-likeness (QED) is 0.825. The molecule has 1 rings (SSSR count). The van der Waals surface area contributed by atoms with Gasteiger partial charge in [0.25, 0.3) is 0 Å². The van der Waals surface area contributed by atoms with E-state index < -0.39 is 0 Å². The average Bonchev–Trinajstić information content (AvgIpc) is 2.38. The summed E-state index contributed by atoms with van der Waals surface area (Å²) in [5.41, 5.74) is 1.70. The van der Waals surface area contributed by atoms with Gasteiger partial charge in [0.1, 0.15) is 0 Å². The molecule has 0 bridgehead atoms. The molecule has 0 saturated heterocycles. The van der Waals surface area contributed by atoms with E-state index in [9.17, 15) is 9.59 Å². The number of hydrogen-bond acceptors (Lipinski definition) is 2. The van der Waals surface area contributed by atoms with Crippen LogP contribution in [0.1, 0.15) is 57.0 Å². The van der Waals surface area contributed by atoms with Crippen molar-refractivity contribution >= 4 is 11.7 Å². The minimum absolute atomic E-state index is 0.0559. The zero-order valence-corrected chi connectivity index (χ0v) is 12.6. The lowest BCUT2D eigenvalue weighted by Gasteiger charge is -2.07. The predicted molar refractivity (Wildman–Crippen MR) is 79.1 cm³/mol. The Kier molecular flexibility index (Phi) is 8.51. The standard InChI is InChI=1S/C14H19NO2.C2H6/c1-10(2)8-14(17)15-9-12-4-6-13(7-5-12)11(3)16;1-2/h4-7,10H,8-9H2,1-3H3,(H,15,17);1-2H3. The molecule has 0 fully saturated rings. The average molecular weight is 263 g/mol. The van der Waals surface area contributed by atoms with E-state index in [-0.39, 0.29) is 11.7 Å². The lowest BCUT2D eigenvalue weighted by Crippen LogP contribution is -2.23. The van der Waals surface area contributed by atoms with E-state index in [0.717, 1.165) is 5.56 Å². The minimum Gasteiger partial charge on any atom is -0.352 e. The maximum Gasteiger partial charge on any atom is 0.220 e. The Bertz CT molecular complexity index is 394. The van der Waals surface area contributed by atoms with Crippen molar-refractivity contribution in [1.29, 1.82) is 0 Å². The minimum atomic E-state index is 0.0559. The molecule has 106 valence electrons. The maximum atomic E-state index is 11.4. The van der Waals surface area contributed by atoms with E-state index in [4.69, 9.17) is 0 Å². The summed E-state index contributed by atoms with van der Waals surface area (Å²) in [5.74, 6) is 0.492. The van der Waals surface area contributed by atoms with Crippen molar-refractivity contribution in [2.24, 2.45) is 5.92 Å². The lowest BCUT2D eigenvalue weighted by molar-refractivity contribution is -0.121. The fraction of sp³-hybridized carbons (Fsp3) is 0.500. The van der Waals surface area contributed by atoms with Crippen molar-refractivity contribution in [1.82, 2.24) is 5.32 Å². The molecule has 0 unspecified atom stereocenters. The van der Waals surface area contributed by atoms with Gasteiger partial charge in [0.15, 0.2) is 5.78 Å². The van der Waals surface area contributed by atoms with Gasteiger partial charge in [-0.25, -0.2) is 0 Å². The van der Waals surface area contributed by atoms with Crippen LogP contribution in [0.4, 0.5) is 0 Å². The van der Waals surface area contributed by atoms with Crippen LogP contribution in [0.2, 0.25) is 0 Å². The van der Waals surface area contributed by atoms with E-state index in [1.54, 1.807) is 19.1 Å². The van der Waals surface area contributed by atoms with Gasteiger partial charge in [-0.1, -0.05) is 52.0 Å². The summed E-state index contributed by atoms with van der Waals surface area (Å²) in [6.45, 7) is 10.1. The van der Waals surface area contributed by atoms with Gasteiger partial charge < -0.3 is 5.32 Å². The first-order valence-corrected chi connectivity index (χ1v) is 6.85. The molecular formula is C16H25NO2. The number of carbonyl (C=O) groups is 2. The zero-order chi connectivity index (χ0) is 14.8. The molecule has 0 aromatic heterocycles. The molecule has 1 aromatic rings. The summed E-state index contributed by atoms with van der Waals surface area (Å²) in [6, 6.07) is 7.30. The largest absolute Gasteiger partial charge is 0.352 e. The second-order valence-electron chi connectivity index (χ2n) is 4.63. The zero-order valence-electron chi connectivity index (χ0n) is 12.6. The second-order valence-corrected chi connectivity index (χ2v) is 4.63. The van der Waals surface area contributed by atoms with Crippen LogP contribution in [-0.4, -0.2) is 11.7 Å². The first-order valence-electron chi connectivity index (χ1n) is 6.85. The van der Waals surface area contributed by atoms with Crippen LogP contribution >= 0.6 is 0 Å². The highest BCUT2D eigenvalue weighted by molar-refractivity contribution is 5.94. The Morgan fingerprint density at radius 3 is 2.05 bits per heavy atom. The molecule has 0 aliphatic rings. The molecule has 1 N–H and O–H groups in total. The number of rotatable bonds is 5. The highest BCUT2D eigenvalue weighted by Crippen LogP contribution is 2.05. The monoisotopic (exact) mass is 263 g/mol. The fourth-order valence-electron chi connectivity index (χ4n) is 1.50. The van der Waals surface area contributed by atoms with Gasteiger partial charge in [-0.3, -0.25) is 9.59 Å². The van der Waals surface area contributed by atoms with Crippen molar-refractivity contribution < 1.29 is 9.59 Å². The molecule has 3 nitrogen and oxygen atoms in total. The molecule has 3 heteroatoms. The second kappa shape index (κ2) is 9.31. The summed E-state index contributed by atoms with van der Waals surface area (Å²) in [5, 5.41) is 2.86. The van der Waals surface area contributed by atoms with Crippen LogP contribution in [-0.2, 0) is 11.3 Å². The third kappa shape index (κ3) is 7.39. The van der Waals surface area contributed by atoms with Crippen LogP contribution in [0.3, 0.4) is 0 Å². The molecule has 0 atom stereocenters. The molecule has 0 spiro atoms. The number of ketones is 1. The summed E-state index contributed by atoms with van der Waals surface area (Å²) in [4.78, 5) is 22.5. The van der Waals surface area contributed by atoms with Gasteiger partial charge in [0.2, 0.25) is 5.91 Å². The normalized spacial score (nSPS) is 9.58. The molecule has 0 radical (unpaired) electrons. The van der Waals surface area contributed by atoms with E-state index >= 15 is 0 Å². The third-order valence-electron chi connectivity index (χ3n) is 2.44. The van der Waals surface area contributed by atoms with Gasteiger partial charge in [0, 0.05) is 18.5 Å². The molecule has 19 heavy (non-hydrogen) atoms. The highest BCUT2D eigenvalue weighted by Gasteiger charge is 2.04. The summed E-state index contributed by atoms with van der Waals surface area (Å²) in [7, 11) is 0.